The third kappa shape index (κ3) is 3.18. The zero-order valence-corrected chi connectivity index (χ0v) is 32.1. The number of halogens is 2. The van der Waals surface area contributed by atoms with Gasteiger partial charge in [-0.15, -0.1) is 9.15 Å². The van der Waals surface area contributed by atoms with Crippen molar-refractivity contribution in [3.63, 3.8) is 0 Å². The minimum absolute atomic E-state index is 0.922. The molecule has 6 aliphatic rings. The molecule has 0 radical (unpaired) electrons. The van der Waals surface area contributed by atoms with Gasteiger partial charge in [-0.25, -0.2) is 4.57 Å². The van der Waals surface area contributed by atoms with Gasteiger partial charge in [0.25, 0.3) is 5.49 Å². The van der Waals surface area contributed by atoms with Crippen LogP contribution in [0.1, 0.15) is 44.8 Å². The molecule has 254 valence electrons. The predicted octanol–water partition coefficient (Wildman–Crippen LogP) is 9.11. The van der Waals surface area contributed by atoms with Gasteiger partial charge in [0.2, 0.25) is 11.4 Å². The second kappa shape index (κ2) is 9.74. The van der Waals surface area contributed by atoms with Crippen molar-refractivity contribution in [3.05, 3.63) is 210 Å². The van der Waals surface area contributed by atoms with E-state index in [2.05, 4.69) is 202 Å². The highest BCUT2D eigenvalue weighted by molar-refractivity contribution is 9.10. The van der Waals surface area contributed by atoms with Crippen molar-refractivity contribution in [2.45, 2.75) is 5.91 Å². The van der Waals surface area contributed by atoms with Gasteiger partial charge in [-0.05, 0) is 70.7 Å². The fraction of sp³-hybridized carbons (Fsp3) is 0.0208. The van der Waals surface area contributed by atoms with Crippen LogP contribution in [0.15, 0.2) is 160 Å². The normalized spacial score (nSPS) is 18.8. The molecule has 5 nitrogen and oxygen atoms in total. The van der Waals surface area contributed by atoms with E-state index in [1.807, 2.05) is 0 Å². The molecule has 8 heterocycles. The predicted molar refractivity (Wildman–Crippen MR) is 224 cm³/mol. The van der Waals surface area contributed by atoms with Crippen molar-refractivity contribution in [1.82, 2.24) is 9.13 Å². The van der Waals surface area contributed by atoms with Gasteiger partial charge in [0.05, 0.1) is 50.0 Å². The van der Waals surface area contributed by atoms with Gasteiger partial charge in [-0.1, -0.05) is 123 Å². The third-order valence-electron chi connectivity index (χ3n) is 12.5. The monoisotopic (exact) mass is 829 g/mol. The summed E-state index contributed by atoms with van der Waals surface area (Å²) in [5.41, 5.74) is 16.5. The lowest BCUT2D eigenvalue weighted by Gasteiger charge is -2.42. The summed E-state index contributed by atoms with van der Waals surface area (Å²) in [6, 6.07) is 53.5. The highest BCUT2D eigenvalue weighted by Crippen LogP contribution is 2.59. The van der Waals surface area contributed by atoms with E-state index in [1.165, 1.54) is 83.4 Å². The maximum atomic E-state index is 5.74. The topological polar surface area (TPSA) is 28.2 Å². The van der Waals surface area contributed by atoms with Gasteiger partial charge in [0.15, 0.2) is 5.70 Å². The molecule has 6 aliphatic heterocycles. The lowest BCUT2D eigenvalue weighted by Crippen LogP contribution is -2.69. The second-order valence-corrected chi connectivity index (χ2v) is 16.8. The molecular formula is C48H25Br2N5+2. The fourth-order valence-corrected chi connectivity index (χ4v) is 11.1. The lowest BCUT2D eigenvalue weighted by atomic mass is 9.91. The van der Waals surface area contributed by atoms with Crippen molar-refractivity contribution >= 4 is 93.6 Å². The molecular weight excluding hydrogens is 806 g/mol. The molecule has 0 saturated carbocycles. The Balaban J connectivity index is 1.33. The molecule has 55 heavy (non-hydrogen) atoms. The summed E-state index contributed by atoms with van der Waals surface area (Å²) in [7, 11) is 0. The molecule has 0 bridgehead atoms. The van der Waals surface area contributed by atoms with Crippen LogP contribution in [0.4, 0.5) is 0 Å². The van der Waals surface area contributed by atoms with Gasteiger partial charge in [-0.2, -0.15) is 4.57 Å². The molecule has 1 unspecified atom stereocenters. The number of rotatable bonds is 2. The molecule has 0 aliphatic carbocycles. The summed E-state index contributed by atoms with van der Waals surface area (Å²) in [5, 5.41) is 5.98. The number of amidine groups is 1. The van der Waals surface area contributed by atoms with E-state index < -0.39 is 5.91 Å². The molecule has 7 heteroatoms. The number of hydrogen-bond acceptors (Lipinski definition) is 1. The average Bonchev–Trinajstić information content (AvgIpc) is 3.95. The molecule has 0 N–H and O–H groups in total. The van der Waals surface area contributed by atoms with Gasteiger partial charge in [0.1, 0.15) is 0 Å². The van der Waals surface area contributed by atoms with E-state index in [9.17, 15) is 0 Å². The third-order valence-corrected chi connectivity index (χ3v) is 13.5. The van der Waals surface area contributed by atoms with Crippen molar-refractivity contribution < 1.29 is 9.15 Å². The Morgan fingerprint density at radius 3 is 1.58 bits per heavy atom. The Bertz CT molecular complexity index is 3260. The van der Waals surface area contributed by atoms with E-state index in [1.54, 1.807) is 0 Å². The van der Waals surface area contributed by atoms with E-state index in [-0.39, 0.29) is 0 Å². The smallest absolute Gasteiger partial charge is 0.218 e. The van der Waals surface area contributed by atoms with Crippen LogP contribution in [0.3, 0.4) is 0 Å². The highest BCUT2D eigenvalue weighted by Gasteiger charge is 2.72. The highest BCUT2D eigenvalue weighted by atomic mass is 79.9. The van der Waals surface area contributed by atoms with Gasteiger partial charge in [-0.3, -0.25) is 0 Å². The molecule has 2 aromatic heterocycles. The largest absolute Gasteiger partial charge is 0.499 e. The molecule has 14 rings (SSSR count). The van der Waals surface area contributed by atoms with E-state index in [0.717, 1.165) is 36.8 Å². The van der Waals surface area contributed by atoms with Crippen molar-refractivity contribution in [1.29, 1.82) is 0 Å². The average molecular weight is 832 g/mol. The summed E-state index contributed by atoms with van der Waals surface area (Å²) < 4.78 is 12.6. The minimum atomic E-state index is -0.922. The summed E-state index contributed by atoms with van der Waals surface area (Å²) in [4.78, 5) is 5.74. The molecule has 6 aromatic carbocycles. The van der Waals surface area contributed by atoms with Gasteiger partial charge >= 0.3 is 11.7 Å². The first-order valence-electron chi connectivity index (χ1n) is 18.5. The Morgan fingerprint density at radius 1 is 0.473 bits per heavy atom. The SMILES string of the molecule is Brc1ccc(C2=C3c4ccccc4C4=[N+]3C35n6c2c2ccccc2c6C(c2ccc(Br)cc2)=C2c6ccccc6C(=[N+]23)N=c2c3ccccc3c(n25)=C4)cc1. The first kappa shape index (κ1) is 29.2. The van der Waals surface area contributed by atoms with Crippen LogP contribution < -0.4 is 10.8 Å². The van der Waals surface area contributed by atoms with Crippen molar-refractivity contribution in [2.24, 2.45) is 4.99 Å². The first-order chi connectivity index (χ1) is 27.1. The number of aromatic nitrogens is 2. The first-order valence-corrected chi connectivity index (χ1v) is 20.1. The number of fused-ring (bicyclic) bond motifs is 12. The lowest BCUT2D eigenvalue weighted by molar-refractivity contribution is -0.806. The van der Waals surface area contributed by atoms with Crippen LogP contribution in [-0.2, 0) is 5.91 Å². The zero-order chi connectivity index (χ0) is 35.9. The van der Waals surface area contributed by atoms with Crippen molar-refractivity contribution in [2.75, 3.05) is 0 Å². The quantitative estimate of drug-likeness (QED) is 0.156. The zero-order valence-electron chi connectivity index (χ0n) is 28.9. The molecule has 8 aromatic rings. The Hall–Kier alpha value is -6.15. The minimum Gasteiger partial charge on any atom is -0.218 e. The van der Waals surface area contributed by atoms with Crippen LogP contribution in [0.5, 0.6) is 0 Å². The number of hydrogen-bond donors (Lipinski definition) is 0. The van der Waals surface area contributed by atoms with Gasteiger partial charge in [0, 0.05) is 36.7 Å². The maximum Gasteiger partial charge on any atom is 0.499 e. The van der Waals surface area contributed by atoms with Crippen molar-refractivity contribution in [3.8, 4) is 0 Å². The Kier molecular flexibility index (Phi) is 5.18. The van der Waals surface area contributed by atoms with E-state index in [0.29, 0.717) is 0 Å². The molecule has 1 spiro atoms. The van der Waals surface area contributed by atoms with Gasteiger partial charge < -0.3 is 0 Å². The summed E-state index contributed by atoms with van der Waals surface area (Å²) >= 11 is 7.50. The van der Waals surface area contributed by atoms with E-state index >= 15 is 0 Å². The molecule has 1 atom stereocenters. The number of benzene rings is 6. The summed E-state index contributed by atoms with van der Waals surface area (Å²) in [5.74, 6) is 0.0510. The molecule has 0 amide bonds. The maximum absolute atomic E-state index is 5.74. The van der Waals surface area contributed by atoms with Crippen LogP contribution in [-0.4, -0.2) is 29.8 Å². The molecule has 0 fully saturated rings. The Labute approximate surface area is 331 Å². The van der Waals surface area contributed by atoms with Crippen LogP contribution in [0, 0.1) is 0 Å². The Morgan fingerprint density at radius 2 is 0.964 bits per heavy atom. The van der Waals surface area contributed by atoms with Crippen LogP contribution >= 0.6 is 31.9 Å². The van der Waals surface area contributed by atoms with E-state index in [4.69, 9.17) is 4.99 Å². The fourth-order valence-electron chi connectivity index (χ4n) is 10.5. The standard InChI is InChI=1S/C48H25Br2N5/c49-28-21-17-26(18-22-28)40-42-32-11-3-1-9-30(32)38-25-39-31-10-2-7-15-36(31)46-51-47-37-16-8-6-14-35(37)45-41(27-19-23-29(50)24-20-27)44-34-13-5-4-12-33(34)43(40)54(44)48(52(38)42,53(39)46)55(45)47/h1-25H/q+2. The van der Waals surface area contributed by atoms with Crippen LogP contribution in [0.25, 0.3) is 50.2 Å². The van der Waals surface area contributed by atoms with Crippen LogP contribution in [0.2, 0.25) is 0 Å². The second-order valence-electron chi connectivity index (χ2n) is 15.0. The summed E-state index contributed by atoms with van der Waals surface area (Å²) in [6.45, 7) is 0. The summed E-state index contributed by atoms with van der Waals surface area (Å²) in [6.07, 6.45) is 2.42. The number of nitrogens with zero attached hydrogens (tertiary/aromatic N) is 5. The molecule has 0 saturated heterocycles.